The monoisotopic (exact) mass is 822 g/mol. The first-order valence-electron chi connectivity index (χ1n) is 19.1. The van der Waals surface area contributed by atoms with Gasteiger partial charge in [0.1, 0.15) is 5.78 Å². The van der Waals surface area contributed by atoms with E-state index < -0.39 is 41.3 Å². The minimum absolute atomic E-state index is 0.0484. The van der Waals surface area contributed by atoms with Crippen LogP contribution in [0.5, 0.6) is 0 Å². The van der Waals surface area contributed by atoms with Crippen molar-refractivity contribution < 1.29 is 28.8 Å². The number of fused-ring (bicyclic) bond motifs is 1. The van der Waals surface area contributed by atoms with E-state index in [9.17, 15) is 33.6 Å². The molecule has 0 aliphatic heterocycles. The van der Waals surface area contributed by atoms with Gasteiger partial charge in [0.05, 0.1) is 30.5 Å². The molecule has 0 bridgehead atoms. The molecule has 314 valence electrons. The second-order valence-corrected chi connectivity index (χ2v) is 14.5. The minimum atomic E-state index is -0.951. The van der Waals surface area contributed by atoms with Crippen LogP contribution in [-0.2, 0) is 30.5 Å². The first-order chi connectivity index (χ1) is 27.6. The molecular formula is C38H54N12O7S. The maximum atomic E-state index is 13.3. The summed E-state index contributed by atoms with van der Waals surface area (Å²) >= 11 is 4.10. The van der Waals surface area contributed by atoms with Gasteiger partial charge in [0.15, 0.2) is 28.7 Å². The number of Topliss-reactive ketones (excluding diaryl/α,β-unsaturated/α-hetero) is 3. The smallest absolute Gasteiger partial charge is 0.280 e. The van der Waals surface area contributed by atoms with Gasteiger partial charge in [0.2, 0.25) is 17.8 Å². The van der Waals surface area contributed by atoms with Crippen LogP contribution < -0.4 is 44.0 Å². The van der Waals surface area contributed by atoms with Crippen molar-refractivity contribution in [3.8, 4) is 0 Å². The Morgan fingerprint density at radius 3 is 2.26 bits per heavy atom. The number of aromatic amines is 1. The van der Waals surface area contributed by atoms with Gasteiger partial charge in [0.25, 0.3) is 11.5 Å². The zero-order chi connectivity index (χ0) is 42.8. The highest BCUT2D eigenvalue weighted by Crippen LogP contribution is 2.14. The molecule has 4 atom stereocenters. The molecule has 19 nitrogen and oxygen atoms in total. The first kappa shape index (κ1) is 46.5. The molecule has 20 heteroatoms. The Morgan fingerprint density at radius 2 is 1.57 bits per heavy atom. The molecule has 0 saturated heterocycles. The largest absolute Gasteiger partial charge is 0.379 e. The van der Waals surface area contributed by atoms with Crippen molar-refractivity contribution in [2.45, 2.75) is 90.8 Å². The SMILES string of the molecule is C[C@H](NC(=O)[C@@H](C)CC(=O)[C@@H](CCCN=C(N)N)NC(=O)[C@@H](C)CC(=O)CCCNC(=O)c1ccc(NCc2cnc3nc(N)[nH]c(=O)c3n2)cc1)C(=O)CCCS. The molecule has 3 aromatic rings. The zero-order valence-corrected chi connectivity index (χ0v) is 33.9. The second kappa shape index (κ2) is 23.3. The van der Waals surface area contributed by atoms with Crippen molar-refractivity contribution in [1.82, 2.24) is 35.9 Å². The molecule has 0 aliphatic rings. The lowest BCUT2D eigenvalue weighted by molar-refractivity contribution is -0.134. The highest BCUT2D eigenvalue weighted by Gasteiger charge is 2.28. The highest BCUT2D eigenvalue weighted by molar-refractivity contribution is 7.80. The maximum Gasteiger partial charge on any atom is 0.280 e. The van der Waals surface area contributed by atoms with E-state index in [1.807, 2.05) is 0 Å². The van der Waals surface area contributed by atoms with Crippen LogP contribution in [0, 0.1) is 11.8 Å². The molecule has 0 radical (unpaired) electrons. The van der Waals surface area contributed by atoms with Gasteiger partial charge in [-0.25, -0.2) is 9.97 Å². The summed E-state index contributed by atoms with van der Waals surface area (Å²) in [6.07, 6.45) is 3.13. The average molecular weight is 823 g/mol. The summed E-state index contributed by atoms with van der Waals surface area (Å²) in [6.45, 7) is 5.45. The molecular weight excluding hydrogens is 769 g/mol. The first-order valence-corrected chi connectivity index (χ1v) is 19.7. The van der Waals surface area contributed by atoms with E-state index in [-0.39, 0.29) is 98.1 Å². The number of carbonyl (C=O) groups is 6. The lowest BCUT2D eigenvalue weighted by Crippen LogP contribution is -2.46. The summed E-state index contributed by atoms with van der Waals surface area (Å²) in [5.74, 6) is -3.10. The summed E-state index contributed by atoms with van der Waals surface area (Å²) in [6, 6.07) is 5.04. The van der Waals surface area contributed by atoms with Crippen LogP contribution in [0.15, 0.2) is 40.2 Å². The number of nitrogens with one attached hydrogen (secondary N) is 5. The molecule has 58 heavy (non-hydrogen) atoms. The number of benzene rings is 1. The summed E-state index contributed by atoms with van der Waals surface area (Å²) in [7, 11) is 0. The molecule has 11 N–H and O–H groups in total. The standard InChI is InChI=1S/C38H54N12O7S/c1-21(34(55)48-28(8-5-15-43-37(39)40)30(53)18-22(2)33(54)46-23(3)29(52)9-6-16-58)17-27(51)7-4-14-42-35(56)24-10-12-25(13-11-24)44-19-26-20-45-32-31(47-26)36(57)50-38(41)49-32/h10-13,20-23,28,44,58H,4-9,14-19H2,1-3H3,(H,42,56)(H,46,54)(H,48,55)(H4,39,40,43)(H3,41,45,49,50,57)/t21-,22-,23-,28+/m0/s1. The molecule has 0 saturated carbocycles. The van der Waals surface area contributed by atoms with E-state index in [0.717, 1.165) is 0 Å². The summed E-state index contributed by atoms with van der Waals surface area (Å²) in [5.41, 5.74) is 17.7. The van der Waals surface area contributed by atoms with Crippen molar-refractivity contribution in [3.05, 3.63) is 52.1 Å². The molecule has 0 fully saturated rings. The number of aliphatic imine (C=N–C) groups is 1. The normalized spacial score (nSPS) is 13.0. The lowest BCUT2D eigenvalue weighted by atomic mass is 9.95. The van der Waals surface area contributed by atoms with Gasteiger partial charge in [-0.2, -0.15) is 17.6 Å². The summed E-state index contributed by atoms with van der Waals surface area (Å²) in [5, 5.41) is 11.3. The minimum Gasteiger partial charge on any atom is -0.379 e. The molecule has 3 amide bonds. The van der Waals surface area contributed by atoms with Crippen molar-refractivity contribution in [2.24, 2.45) is 28.3 Å². The quantitative estimate of drug-likeness (QED) is 0.0249. The number of carbonyl (C=O) groups excluding carboxylic acids is 6. The number of hydrogen-bond acceptors (Lipinski definition) is 14. The molecule has 2 aromatic heterocycles. The Hall–Kier alpha value is -5.92. The Bertz CT molecular complexity index is 2000. The van der Waals surface area contributed by atoms with Crippen molar-refractivity contribution in [2.75, 3.05) is 29.9 Å². The number of hydrogen-bond donors (Lipinski definition) is 9. The number of rotatable bonds is 25. The van der Waals surface area contributed by atoms with E-state index >= 15 is 0 Å². The van der Waals surface area contributed by atoms with Crippen LogP contribution in [-0.4, -0.2) is 91.9 Å². The van der Waals surface area contributed by atoms with E-state index in [2.05, 4.69) is 58.8 Å². The van der Waals surface area contributed by atoms with Gasteiger partial charge >= 0.3 is 0 Å². The number of amides is 3. The zero-order valence-electron chi connectivity index (χ0n) is 33.0. The molecule has 3 rings (SSSR count). The number of ketones is 3. The van der Waals surface area contributed by atoms with Crippen LogP contribution in [0.2, 0.25) is 0 Å². The molecule has 1 aromatic carbocycles. The van der Waals surface area contributed by atoms with Crippen molar-refractivity contribution in [1.29, 1.82) is 0 Å². The number of nitrogens with two attached hydrogens (primary N) is 3. The van der Waals surface area contributed by atoms with Gasteiger partial charge in [-0.1, -0.05) is 13.8 Å². The molecule has 0 unspecified atom stereocenters. The highest BCUT2D eigenvalue weighted by atomic mass is 32.1. The van der Waals surface area contributed by atoms with Crippen LogP contribution in [0.25, 0.3) is 11.2 Å². The molecule has 2 heterocycles. The predicted octanol–water partition coefficient (Wildman–Crippen LogP) is 0.930. The molecule has 0 spiro atoms. The van der Waals surface area contributed by atoms with Crippen molar-refractivity contribution >= 4 is 76.5 Å². The van der Waals surface area contributed by atoms with Gasteiger partial charge < -0.3 is 38.5 Å². The van der Waals surface area contributed by atoms with Gasteiger partial charge in [-0.05, 0) is 62.6 Å². The Labute approximate surface area is 341 Å². The summed E-state index contributed by atoms with van der Waals surface area (Å²) in [4.78, 5) is 108. The van der Waals surface area contributed by atoms with Gasteiger partial charge in [-0.3, -0.25) is 43.5 Å². The second-order valence-electron chi connectivity index (χ2n) is 14.0. The Kier molecular flexibility index (Phi) is 18.7. The van der Waals surface area contributed by atoms with Gasteiger partial charge in [-0.15, -0.1) is 0 Å². The van der Waals surface area contributed by atoms with Gasteiger partial charge in [0, 0.05) is 61.9 Å². The third-order valence-electron chi connectivity index (χ3n) is 9.03. The fourth-order valence-corrected chi connectivity index (χ4v) is 5.85. The van der Waals surface area contributed by atoms with Crippen LogP contribution in [0.3, 0.4) is 0 Å². The van der Waals surface area contributed by atoms with Crippen molar-refractivity contribution in [3.63, 3.8) is 0 Å². The third-order valence-corrected chi connectivity index (χ3v) is 9.35. The number of guanidine groups is 1. The van der Waals surface area contributed by atoms with E-state index in [1.54, 1.807) is 45.0 Å². The topological polar surface area (TPSA) is 312 Å². The number of anilines is 2. The number of H-pyrrole nitrogens is 1. The fourth-order valence-electron chi connectivity index (χ4n) is 5.69. The number of nitrogen functional groups attached to an aromatic ring is 1. The van der Waals surface area contributed by atoms with E-state index in [4.69, 9.17) is 17.2 Å². The summed E-state index contributed by atoms with van der Waals surface area (Å²) < 4.78 is 0. The maximum absolute atomic E-state index is 13.3. The Balaban J connectivity index is 1.43. The number of aromatic nitrogens is 4. The van der Waals surface area contributed by atoms with Crippen LogP contribution >= 0.6 is 12.6 Å². The van der Waals surface area contributed by atoms with Crippen LogP contribution in [0.1, 0.15) is 88.2 Å². The number of thiol groups is 1. The average Bonchev–Trinajstić information content (AvgIpc) is 3.18. The Morgan fingerprint density at radius 1 is 0.879 bits per heavy atom. The third kappa shape index (κ3) is 15.5. The number of nitrogens with zero attached hydrogens (tertiary/aromatic N) is 4. The molecule has 0 aliphatic carbocycles. The predicted molar refractivity (Wildman–Crippen MR) is 223 cm³/mol. The lowest BCUT2D eigenvalue weighted by Gasteiger charge is -2.22. The van der Waals surface area contributed by atoms with E-state index in [0.29, 0.717) is 42.0 Å². The van der Waals surface area contributed by atoms with E-state index in [1.165, 1.54) is 6.20 Å². The van der Waals surface area contributed by atoms with Crippen LogP contribution in [0.4, 0.5) is 11.6 Å². The fraction of sp³-hybridized carbons (Fsp3) is 0.500.